The zero-order valence-corrected chi connectivity index (χ0v) is 18.3. The molecule has 2 N–H and O–H groups in total. The second-order valence-electron chi connectivity index (χ2n) is 8.08. The Morgan fingerprint density at radius 2 is 1.97 bits per heavy atom. The number of ether oxygens (including phenoxy) is 4. The van der Waals surface area contributed by atoms with Crippen molar-refractivity contribution in [3.8, 4) is 17.2 Å². The molecular weight excluding hydrogens is 412 g/mol. The Hall–Kier alpha value is -2.81. The average molecular weight is 443 g/mol. The van der Waals surface area contributed by atoms with Crippen LogP contribution in [-0.2, 0) is 11.3 Å². The summed E-state index contributed by atoms with van der Waals surface area (Å²) in [6.07, 6.45) is 0.929. The van der Waals surface area contributed by atoms with Crippen LogP contribution in [0.3, 0.4) is 0 Å². The van der Waals surface area contributed by atoms with Gasteiger partial charge in [0.2, 0.25) is 6.79 Å². The molecule has 0 aromatic heterocycles. The van der Waals surface area contributed by atoms with Gasteiger partial charge in [0.25, 0.3) is 5.91 Å². The molecule has 0 saturated carbocycles. The van der Waals surface area contributed by atoms with Crippen molar-refractivity contribution in [3.63, 3.8) is 0 Å². The van der Waals surface area contributed by atoms with Crippen molar-refractivity contribution in [1.29, 1.82) is 0 Å². The molecule has 172 valence electrons. The molecule has 0 spiro atoms. The quantitative estimate of drug-likeness (QED) is 0.606. The fourth-order valence-corrected chi connectivity index (χ4v) is 4.00. The third-order valence-corrected chi connectivity index (χ3v) is 5.73. The molecule has 8 nitrogen and oxygen atoms in total. The summed E-state index contributed by atoms with van der Waals surface area (Å²) in [6.45, 7) is 3.34. The molecular formula is C24H30N2O6. The van der Waals surface area contributed by atoms with Gasteiger partial charge in [0.05, 0.1) is 18.8 Å². The molecule has 2 aliphatic rings. The number of fused-ring (bicyclic) bond motifs is 1. The molecule has 1 saturated heterocycles. The van der Waals surface area contributed by atoms with E-state index in [1.54, 1.807) is 31.4 Å². The Labute approximate surface area is 188 Å². The minimum absolute atomic E-state index is 0.206. The molecule has 1 amide bonds. The highest BCUT2D eigenvalue weighted by molar-refractivity contribution is 5.94. The van der Waals surface area contributed by atoms with Gasteiger partial charge in [0.15, 0.2) is 11.5 Å². The molecule has 1 fully saturated rings. The highest BCUT2D eigenvalue weighted by Gasteiger charge is 2.27. The molecule has 2 aromatic rings. The Kier molecular flexibility index (Phi) is 7.47. The second-order valence-corrected chi connectivity index (χ2v) is 8.08. The number of aliphatic hydroxyl groups excluding tert-OH is 1. The fourth-order valence-electron chi connectivity index (χ4n) is 4.00. The van der Waals surface area contributed by atoms with Gasteiger partial charge >= 0.3 is 0 Å². The van der Waals surface area contributed by atoms with Crippen molar-refractivity contribution >= 4 is 5.91 Å². The van der Waals surface area contributed by atoms with Crippen LogP contribution in [0.15, 0.2) is 42.5 Å². The van der Waals surface area contributed by atoms with Gasteiger partial charge in [-0.3, -0.25) is 9.69 Å². The van der Waals surface area contributed by atoms with Gasteiger partial charge in [-0.15, -0.1) is 0 Å². The molecule has 2 aromatic carbocycles. The highest BCUT2D eigenvalue weighted by atomic mass is 16.7. The highest BCUT2D eigenvalue weighted by Crippen LogP contribution is 2.33. The van der Waals surface area contributed by atoms with Gasteiger partial charge in [-0.1, -0.05) is 6.07 Å². The van der Waals surface area contributed by atoms with Gasteiger partial charge in [-0.25, -0.2) is 0 Å². The standard InChI is InChI=1S/C24H30N2O6/c1-29-11-12-30-19-7-5-18(6-8-19)24(28)25-20-15-26(10-2-3-21(20)27)14-17-4-9-22-23(13-17)32-16-31-22/h4-9,13,20-21,27H,2-3,10-12,14-16H2,1H3,(H,25,28)/t20-,21-/m1/s1. The van der Waals surface area contributed by atoms with Gasteiger partial charge < -0.3 is 29.4 Å². The lowest BCUT2D eigenvalue weighted by atomic mass is 10.1. The number of nitrogens with one attached hydrogen (secondary N) is 1. The molecule has 0 radical (unpaired) electrons. The Morgan fingerprint density at radius 3 is 2.78 bits per heavy atom. The first-order valence-corrected chi connectivity index (χ1v) is 10.9. The predicted molar refractivity (Wildman–Crippen MR) is 118 cm³/mol. The van der Waals surface area contributed by atoms with Crippen LogP contribution < -0.4 is 19.5 Å². The van der Waals surface area contributed by atoms with E-state index >= 15 is 0 Å². The van der Waals surface area contributed by atoms with E-state index in [-0.39, 0.29) is 18.7 Å². The average Bonchev–Trinajstić information content (AvgIpc) is 3.20. The number of carbonyl (C=O) groups excluding carboxylic acids is 1. The van der Waals surface area contributed by atoms with Crippen molar-refractivity contribution in [3.05, 3.63) is 53.6 Å². The van der Waals surface area contributed by atoms with Gasteiger partial charge in [0.1, 0.15) is 12.4 Å². The Morgan fingerprint density at radius 1 is 1.16 bits per heavy atom. The number of likely N-dealkylation sites (tertiary alicyclic amines) is 1. The lowest BCUT2D eigenvalue weighted by molar-refractivity contribution is 0.0798. The molecule has 0 aliphatic carbocycles. The van der Waals surface area contributed by atoms with Gasteiger partial charge in [0, 0.05) is 25.8 Å². The number of carbonyl (C=O) groups is 1. The number of hydrogen-bond acceptors (Lipinski definition) is 7. The number of aliphatic hydroxyl groups is 1. The zero-order chi connectivity index (χ0) is 22.3. The second kappa shape index (κ2) is 10.7. The van der Waals surface area contributed by atoms with Gasteiger partial charge in [-0.05, 0) is 61.3 Å². The molecule has 0 unspecified atom stereocenters. The summed E-state index contributed by atoms with van der Waals surface area (Å²) in [7, 11) is 1.62. The first-order valence-electron chi connectivity index (χ1n) is 10.9. The SMILES string of the molecule is COCCOc1ccc(C(=O)N[C@@H]2CN(Cc3ccc4c(c3)OCO4)CCC[C@H]2O)cc1. The summed E-state index contributed by atoms with van der Waals surface area (Å²) in [5.74, 6) is 2.00. The minimum atomic E-state index is -0.586. The van der Waals surface area contributed by atoms with Crippen molar-refractivity contribution in [2.24, 2.45) is 0 Å². The summed E-state index contributed by atoms with van der Waals surface area (Å²) in [5.41, 5.74) is 1.64. The van der Waals surface area contributed by atoms with Gasteiger partial charge in [-0.2, -0.15) is 0 Å². The van der Waals surface area contributed by atoms with Crippen molar-refractivity contribution in [2.45, 2.75) is 31.5 Å². The third-order valence-electron chi connectivity index (χ3n) is 5.73. The monoisotopic (exact) mass is 442 g/mol. The molecule has 4 rings (SSSR count). The molecule has 2 heterocycles. The zero-order valence-electron chi connectivity index (χ0n) is 18.3. The van der Waals surface area contributed by atoms with E-state index < -0.39 is 6.10 Å². The number of hydrogen-bond donors (Lipinski definition) is 2. The van der Waals surface area contributed by atoms with E-state index in [1.165, 1.54) is 0 Å². The van der Waals surface area contributed by atoms with Crippen LogP contribution in [0.1, 0.15) is 28.8 Å². The van der Waals surface area contributed by atoms with E-state index in [0.717, 1.165) is 30.0 Å². The normalized spacial score (nSPS) is 20.6. The van der Waals surface area contributed by atoms with E-state index in [4.69, 9.17) is 18.9 Å². The summed E-state index contributed by atoms with van der Waals surface area (Å²) < 4.78 is 21.4. The van der Waals surface area contributed by atoms with Crippen LogP contribution in [0, 0.1) is 0 Å². The number of amides is 1. The topological polar surface area (TPSA) is 89.5 Å². The largest absolute Gasteiger partial charge is 0.491 e. The summed E-state index contributed by atoms with van der Waals surface area (Å²) >= 11 is 0. The maximum absolute atomic E-state index is 12.8. The minimum Gasteiger partial charge on any atom is -0.491 e. The van der Waals surface area contributed by atoms with Crippen LogP contribution in [0.5, 0.6) is 17.2 Å². The third kappa shape index (κ3) is 5.70. The molecule has 2 aliphatic heterocycles. The Bertz CT molecular complexity index is 904. The number of methoxy groups -OCH3 is 1. The maximum Gasteiger partial charge on any atom is 0.251 e. The van der Waals surface area contributed by atoms with E-state index in [9.17, 15) is 9.90 Å². The summed E-state index contributed by atoms with van der Waals surface area (Å²) in [5, 5.41) is 13.6. The lowest BCUT2D eigenvalue weighted by Gasteiger charge is -2.27. The van der Waals surface area contributed by atoms with Crippen molar-refractivity contribution < 1.29 is 28.8 Å². The van der Waals surface area contributed by atoms with Crippen LogP contribution in [-0.4, -0.2) is 68.3 Å². The van der Waals surface area contributed by atoms with Crippen LogP contribution in [0.4, 0.5) is 0 Å². The van der Waals surface area contributed by atoms with Crippen LogP contribution in [0.25, 0.3) is 0 Å². The summed E-state index contributed by atoms with van der Waals surface area (Å²) in [4.78, 5) is 15.1. The molecule has 2 atom stereocenters. The van der Waals surface area contributed by atoms with Crippen LogP contribution in [0.2, 0.25) is 0 Å². The van der Waals surface area contributed by atoms with Crippen LogP contribution >= 0.6 is 0 Å². The number of benzene rings is 2. The summed E-state index contributed by atoms with van der Waals surface area (Å²) in [6, 6.07) is 12.6. The maximum atomic E-state index is 12.8. The number of nitrogens with zero attached hydrogens (tertiary/aromatic N) is 1. The van der Waals surface area contributed by atoms with Crippen molar-refractivity contribution in [1.82, 2.24) is 10.2 Å². The first-order chi connectivity index (χ1) is 15.6. The predicted octanol–water partition coefficient (Wildman–Crippen LogP) is 2.20. The smallest absolute Gasteiger partial charge is 0.251 e. The fraction of sp³-hybridized carbons (Fsp3) is 0.458. The first kappa shape index (κ1) is 22.4. The Balaban J connectivity index is 1.35. The van der Waals surface area contributed by atoms with E-state index in [2.05, 4.69) is 10.2 Å². The number of rotatable bonds is 8. The molecule has 0 bridgehead atoms. The van der Waals surface area contributed by atoms with E-state index in [0.29, 0.717) is 44.0 Å². The van der Waals surface area contributed by atoms with E-state index in [1.807, 2.05) is 18.2 Å². The molecule has 32 heavy (non-hydrogen) atoms. The lowest BCUT2D eigenvalue weighted by Crippen LogP contribution is -2.48. The molecule has 8 heteroatoms. The van der Waals surface area contributed by atoms with Crippen molar-refractivity contribution in [2.75, 3.05) is 40.2 Å².